The van der Waals surface area contributed by atoms with Crippen LogP contribution in [0.5, 0.6) is 0 Å². The molecule has 2 unspecified atom stereocenters. The SMILES string of the molecule is CC1CC(C)CN(S(=O)(=O)N2CCN[C@@H](C)C2)C1. The third-order valence-corrected chi connectivity index (χ3v) is 5.75. The van der Waals surface area contributed by atoms with Crippen LogP contribution >= 0.6 is 0 Å². The normalized spacial score (nSPS) is 36.7. The molecule has 0 saturated carbocycles. The van der Waals surface area contributed by atoms with Gasteiger partial charge in [-0.2, -0.15) is 17.0 Å². The Balaban J connectivity index is 2.09. The van der Waals surface area contributed by atoms with E-state index in [1.807, 2.05) is 6.92 Å². The number of piperidine rings is 1. The Kier molecular flexibility index (Phi) is 4.31. The summed E-state index contributed by atoms with van der Waals surface area (Å²) in [6, 6.07) is 0.244. The topological polar surface area (TPSA) is 52.7 Å². The van der Waals surface area contributed by atoms with Crippen LogP contribution in [0.25, 0.3) is 0 Å². The summed E-state index contributed by atoms with van der Waals surface area (Å²) < 4.78 is 28.5. The van der Waals surface area contributed by atoms with Gasteiger partial charge in [-0.25, -0.2) is 0 Å². The first kappa shape index (κ1) is 14.2. The van der Waals surface area contributed by atoms with Crippen molar-refractivity contribution in [2.75, 3.05) is 32.7 Å². The Bertz CT molecular complexity index is 375. The molecule has 0 spiro atoms. The summed E-state index contributed by atoms with van der Waals surface area (Å²) >= 11 is 0. The monoisotopic (exact) mass is 275 g/mol. The fraction of sp³-hybridized carbons (Fsp3) is 1.00. The van der Waals surface area contributed by atoms with E-state index in [0.717, 1.165) is 13.0 Å². The van der Waals surface area contributed by atoms with E-state index in [4.69, 9.17) is 0 Å². The predicted molar refractivity (Wildman–Crippen MR) is 72.5 cm³/mol. The fourth-order valence-electron chi connectivity index (χ4n) is 3.06. The number of hydrogen-bond acceptors (Lipinski definition) is 3. The van der Waals surface area contributed by atoms with Crippen LogP contribution in [-0.4, -0.2) is 55.8 Å². The number of piperazine rings is 1. The molecule has 0 aromatic heterocycles. The molecule has 6 heteroatoms. The minimum absolute atomic E-state index is 0.244. The highest BCUT2D eigenvalue weighted by Crippen LogP contribution is 2.25. The zero-order valence-electron chi connectivity index (χ0n) is 11.6. The van der Waals surface area contributed by atoms with Crippen molar-refractivity contribution in [3.63, 3.8) is 0 Å². The van der Waals surface area contributed by atoms with Gasteiger partial charge < -0.3 is 5.32 Å². The van der Waals surface area contributed by atoms with Gasteiger partial charge in [0.05, 0.1) is 0 Å². The van der Waals surface area contributed by atoms with Gasteiger partial charge in [-0.05, 0) is 25.2 Å². The summed E-state index contributed by atoms with van der Waals surface area (Å²) in [5.74, 6) is 0.924. The van der Waals surface area contributed by atoms with Gasteiger partial charge in [0.15, 0.2) is 0 Å². The standard InChI is InChI=1S/C12H25N3O2S/c1-10-6-11(2)8-15(7-10)18(16,17)14-5-4-13-12(3)9-14/h10-13H,4-9H2,1-3H3/t10?,11?,12-/m0/s1. The van der Waals surface area contributed by atoms with Crippen LogP contribution in [-0.2, 0) is 10.2 Å². The van der Waals surface area contributed by atoms with Crippen LogP contribution in [0.15, 0.2) is 0 Å². The van der Waals surface area contributed by atoms with E-state index in [0.29, 0.717) is 38.0 Å². The molecule has 0 amide bonds. The molecule has 0 aliphatic carbocycles. The Morgan fingerprint density at radius 2 is 1.61 bits per heavy atom. The Hall–Kier alpha value is -0.170. The first-order chi connectivity index (χ1) is 8.39. The maximum absolute atomic E-state index is 12.6. The molecule has 0 aromatic rings. The molecule has 2 aliphatic rings. The fourth-order valence-corrected chi connectivity index (χ4v) is 5.01. The molecule has 2 aliphatic heterocycles. The summed E-state index contributed by atoms with van der Waals surface area (Å²) in [5.41, 5.74) is 0. The van der Waals surface area contributed by atoms with Gasteiger partial charge in [-0.15, -0.1) is 0 Å². The highest BCUT2D eigenvalue weighted by molar-refractivity contribution is 7.86. The summed E-state index contributed by atoms with van der Waals surface area (Å²) in [6.07, 6.45) is 1.13. The molecule has 2 heterocycles. The number of hydrogen-bond donors (Lipinski definition) is 1. The predicted octanol–water partition coefficient (Wildman–Crippen LogP) is 0.503. The second-order valence-corrected chi connectivity index (χ2v) is 7.91. The second kappa shape index (κ2) is 5.45. The summed E-state index contributed by atoms with van der Waals surface area (Å²) in [7, 11) is -3.26. The van der Waals surface area contributed by atoms with Gasteiger partial charge in [-0.1, -0.05) is 13.8 Å². The lowest BCUT2D eigenvalue weighted by atomic mass is 9.94. The maximum Gasteiger partial charge on any atom is 0.282 e. The molecule has 5 nitrogen and oxygen atoms in total. The molecule has 0 radical (unpaired) electrons. The minimum Gasteiger partial charge on any atom is -0.312 e. The zero-order chi connectivity index (χ0) is 13.3. The van der Waals surface area contributed by atoms with Crippen molar-refractivity contribution in [2.45, 2.75) is 33.2 Å². The smallest absolute Gasteiger partial charge is 0.282 e. The largest absolute Gasteiger partial charge is 0.312 e. The van der Waals surface area contributed by atoms with E-state index >= 15 is 0 Å². The summed E-state index contributed by atoms with van der Waals surface area (Å²) in [6.45, 7) is 9.57. The van der Waals surface area contributed by atoms with Crippen molar-refractivity contribution >= 4 is 10.2 Å². The van der Waals surface area contributed by atoms with Crippen LogP contribution in [0.3, 0.4) is 0 Å². The zero-order valence-corrected chi connectivity index (χ0v) is 12.4. The van der Waals surface area contributed by atoms with Crippen molar-refractivity contribution in [2.24, 2.45) is 11.8 Å². The van der Waals surface area contributed by atoms with Crippen LogP contribution in [0.4, 0.5) is 0 Å². The van der Waals surface area contributed by atoms with Crippen LogP contribution in [0.2, 0.25) is 0 Å². The van der Waals surface area contributed by atoms with Crippen molar-refractivity contribution < 1.29 is 8.42 Å². The van der Waals surface area contributed by atoms with Crippen molar-refractivity contribution in [3.05, 3.63) is 0 Å². The molecule has 0 aromatic carbocycles. The average Bonchev–Trinajstić information content (AvgIpc) is 2.27. The summed E-state index contributed by atoms with van der Waals surface area (Å²) in [4.78, 5) is 0. The Morgan fingerprint density at radius 1 is 1.00 bits per heavy atom. The average molecular weight is 275 g/mol. The highest BCUT2D eigenvalue weighted by Gasteiger charge is 2.36. The molecule has 2 rings (SSSR count). The third kappa shape index (κ3) is 3.04. The molecule has 2 saturated heterocycles. The van der Waals surface area contributed by atoms with Gasteiger partial charge in [0.1, 0.15) is 0 Å². The van der Waals surface area contributed by atoms with E-state index < -0.39 is 10.2 Å². The third-order valence-electron chi connectivity index (χ3n) is 3.82. The first-order valence-electron chi connectivity index (χ1n) is 6.88. The van der Waals surface area contributed by atoms with Crippen LogP contribution in [0.1, 0.15) is 27.2 Å². The van der Waals surface area contributed by atoms with Crippen LogP contribution < -0.4 is 5.32 Å². The molecular weight excluding hydrogens is 250 g/mol. The molecule has 3 atom stereocenters. The molecule has 0 bridgehead atoms. The van der Waals surface area contributed by atoms with Crippen molar-refractivity contribution in [1.82, 2.24) is 13.9 Å². The number of rotatable bonds is 2. The highest BCUT2D eigenvalue weighted by atomic mass is 32.2. The van der Waals surface area contributed by atoms with Crippen molar-refractivity contribution in [3.8, 4) is 0 Å². The number of nitrogens with one attached hydrogen (secondary N) is 1. The lowest BCUT2D eigenvalue weighted by Crippen LogP contribution is -2.56. The molecule has 106 valence electrons. The first-order valence-corrected chi connectivity index (χ1v) is 8.28. The Labute approximate surface area is 111 Å². The second-order valence-electron chi connectivity index (χ2n) is 5.98. The maximum atomic E-state index is 12.6. The van der Waals surface area contributed by atoms with E-state index in [1.54, 1.807) is 8.61 Å². The minimum atomic E-state index is -3.26. The number of nitrogens with zero attached hydrogens (tertiary/aromatic N) is 2. The van der Waals surface area contributed by atoms with Gasteiger partial charge >= 0.3 is 0 Å². The molecule has 18 heavy (non-hydrogen) atoms. The molecular formula is C12H25N3O2S. The lowest BCUT2D eigenvalue weighted by Gasteiger charge is -2.39. The molecule has 2 fully saturated rings. The van der Waals surface area contributed by atoms with E-state index in [9.17, 15) is 8.42 Å². The van der Waals surface area contributed by atoms with Crippen molar-refractivity contribution in [1.29, 1.82) is 0 Å². The van der Waals surface area contributed by atoms with Gasteiger partial charge in [0, 0.05) is 38.8 Å². The van der Waals surface area contributed by atoms with Gasteiger partial charge in [0.2, 0.25) is 0 Å². The van der Waals surface area contributed by atoms with Gasteiger partial charge in [0.25, 0.3) is 10.2 Å². The lowest BCUT2D eigenvalue weighted by molar-refractivity contribution is 0.201. The van der Waals surface area contributed by atoms with E-state index in [2.05, 4.69) is 19.2 Å². The van der Waals surface area contributed by atoms with Crippen LogP contribution in [0, 0.1) is 11.8 Å². The van der Waals surface area contributed by atoms with E-state index in [1.165, 1.54) is 0 Å². The van der Waals surface area contributed by atoms with E-state index in [-0.39, 0.29) is 6.04 Å². The Morgan fingerprint density at radius 3 is 2.17 bits per heavy atom. The van der Waals surface area contributed by atoms with Gasteiger partial charge in [-0.3, -0.25) is 0 Å². The molecule has 1 N–H and O–H groups in total. The summed E-state index contributed by atoms with van der Waals surface area (Å²) in [5, 5.41) is 3.28. The quantitative estimate of drug-likeness (QED) is 0.798.